The van der Waals surface area contributed by atoms with Gasteiger partial charge in [-0.05, 0) is 59.7 Å². The second kappa shape index (κ2) is 5.96. The standard InChI is InChI=1S/C25H26BrNO/c1-2-13-27-16-25-20-11-10-19(28-15-17-6-8-18(26)9-7-17)14-22(20)24(25)12-4-3-5-21(24)23(25)27/h2,6-11,14,21,23H,1,3-5,12-13,15-16H2. The molecule has 0 amide bonds. The first-order valence-electron chi connectivity index (χ1n) is 10.6. The van der Waals surface area contributed by atoms with Gasteiger partial charge in [0.1, 0.15) is 12.4 Å². The molecule has 2 nitrogen and oxygen atoms in total. The zero-order valence-electron chi connectivity index (χ0n) is 16.2. The Bertz CT molecular complexity index is 954. The molecule has 0 bridgehead atoms. The SMILES string of the molecule is C=CCN1CC23c4ccc(OCc5ccc(Br)cc5)cc4C24CCCCC4C13. The highest BCUT2D eigenvalue weighted by Crippen LogP contribution is 2.80. The smallest absolute Gasteiger partial charge is 0.120 e. The molecule has 3 aliphatic carbocycles. The molecule has 3 heteroatoms. The van der Waals surface area contributed by atoms with Gasteiger partial charge in [-0.3, -0.25) is 4.90 Å². The van der Waals surface area contributed by atoms with Crippen LogP contribution in [0.4, 0.5) is 0 Å². The molecule has 28 heavy (non-hydrogen) atoms. The Morgan fingerprint density at radius 2 is 1.96 bits per heavy atom. The lowest BCUT2D eigenvalue weighted by Crippen LogP contribution is -2.93. The van der Waals surface area contributed by atoms with Gasteiger partial charge in [-0.1, -0.05) is 53.0 Å². The fraction of sp³-hybridized carbons (Fsp3) is 0.440. The summed E-state index contributed by atoms with van der Waals surface area (Å²) in [6.07, 6.45) is 7.63. The number of likely N-dealkylation sites (tertiary alicyclic amines) is 1. The number of piperidine rings is 1. The van der Waals surface area contributed by atoms with E-state index in [2.05, 4.69) is 75.9 Å². The monoisotopic (exact) mass is 435 g/mol. The number of rotatable bonds is 5. The highest BCUT2D eigenvalue weighted by atomic mass is 79.9. The Kier molecular flexibility index (Phi) is 3.68. The predicted molar refractivity (Wildman–Crippen MR) is 116 cm³/mol. The van der Waals surface area contributed by atoms with Crippen molar-refractivity contribution in [2.75, 3.05) is 13.1 Å². The molecule has 2 saturated carbocycles. The van der Waals surface area contributed by atoms with E-state index < -0.39 is 0 Å². The van der Waals surface area contributed by atoms with Crippen LogP contribution in [0.2, 0.25) is 0 Å². The maximum Gasteiger partial charge on any atom is 0.120 e. The number of hydrogen-bond donors (Lipinski definition) is 0. The van der Waals surface area contributed by atoms with Crippen molar-refractivity contribution in [3.8, 4) is 5.75 Å². The molecule has 2 aromatic rings. The molecule has 1 aliphatic heterocycles. The summed E-state index contributed by atoms with van der Waals surface area (Å²) in [7, 11) is 0. The summed E-state index contributed by atoms with van der Waals surface area (Å²) in [4.78, 5) is 2.67. The van der Waals surface area contributed by atoms with Crippen molar-refractivity contribution in [1.29, 1.82) is 0 Å². The first-order chi connectivity index (χ1) is 13.7. The second-order valence-electron chi connectivity index (χ2n) is 9.08. The largest absolute Gasteiger partial charge is 0.489 e. The number of hydrogen-bond acceptors (Lipinski definition) is 2. The highest BCUT2D eigenvalue weighted by molar-refractivity contribution is 9.10. The quantitative estimate of drug-likeness (QED) is 0.567. The Hall–Kier alpha value is -1.58. The highest BCUT2D eigenvalue weighted by Gasteiger charge is 2.84. The molecule has 144 valence electrons. The minimum Gasteiger partial charge on any atom is -0.489 e. The first kappa shape index (κ1) is 17.3. The van der Waals surface area contributed by atoms with Gasteiger partial charge in [0.05, 0.1) is 0 Å². The maximum absolute atomic E-state index is 6.18. The lowest BCUT2D eigenvalue weighted by atomic mass is 9.23. The zero-order valence-corrected chi connectivity index (χ0v) is 17.7. The molecule has 1 heterocycles. The molecular formula is C25H26BrNO. The fourth-order valence-electron chi connectivity index (χ4n) is 7.26. The summed E-state index contributed by atoms with van der Waals surface area (Å²) >= 11 is 3.50. The molecule has 0 aromatic heterocycles. The van der Waals surface area contributed by atoms with Crippen molar-refractivity contribution >= 4 is 15.9 Å². The molecule has 4 unspecified atom stereocenters. The van der Waals surface area contributed by atoms with E-state index in [-0.39, 0.29) is 0 Å². The van der Waals surface area contributed by atoms with Gasteiger partial charge < -0.3 is 4.74 Å². The Labute approximate surface area is 175 Å². The molecule has 1 saturated heterocycles. The van der Waals surface area contributed by atoms with E-state index in [1.807, 2.05) is 0 Å². The number of benzene rings is 2. The van der Waals surface area contributed by atoms with Gasteiger partial charge in [-0.2, -0.15) is 0 Å². The van der Waals surface area contributed by atoms with E-state index in [9.17, 15) is 0 Å². The molecule has 2 spiro atoms. The Morgan fingerprint density at radius 1 is 1.11 bits per heavy atom. The predicted octanol–water partition coefficient (Wildman–Crippen LogP) is 5.59. The van der Waals surface area contributed by atoms with Crippen molar-refractivity contribution in [1.82, 2.24) is 4.90 Å². The van der Waals surface area contributed by atoms with E-state index in [0.29, 0.717) is 17.4 Å². The third kappa shape index (κ3) is 1.92. The minimum atomic E-state index is 0.444. The van der Waals surface area contributed by atoms with Crippen LogP contribution < -0.4 is 4.74 Å². The fourth-order valence-corrected chi connectivity index (χ4v) is 7.52. The van der Waals surface area contributed by atoms with Crippen LogP contribution in [0.25, 0.3) is 0 Å². The third-order valence-electron chi connectivity index (χ3n) is 8.13. The molecule has 2 aromatic carbocycles. The molecule has 0 N–H and O–H groups in total. The van der Waals surface area contributed by atoms with Gasteiger partial charge >= 0.3 is 0 Å². The van der Waals surface area contributed by atoms with Gasteiger partial charge in [-0.15, -0.1) is 6.58 Å². The van der Waals surface area contributed by atoms with Crippen LogP contribution in [0.5, 0.6) is 5.75 Å². The van der Waals surface area contributed by atoms with E-state index in [1.165, 1.54) is 37.8 Å². The van der Waals surface area contributed by atoms with Gasteiger partial charge in [0.15, 0.2) is 0 Å². The number of nitrogens with zero attached hydrogens (tertiary/aromatic N) is 1. The first-order valence-corrected chi connectivity index (χ1v) is 11.4. The zero-order chi connectivity index (χ0) is 18.9. The summed E-state index contributed by atoms with van der Waals surface area (Å²) in [5, 5.41) is 0. The molecule has 4 atom stereocenters. The molecule has 3 fully saturated rings. The van der Waals surface area contributed by atoms with Crippen LogP contribution in [0.15, 0.2) is 59.6 Å². The molecule has 0 radical (unpaired) electrons. The lowest BCUT2D eigenvalue weighted by molar-refractivity contribution is -0.245. The van der Waals surface area contributed by atoms with Crippen LogP contribution in [0.1, 0.15) is 42.4 Å². The van der Waals surface area contributed by atoms with Crippen LogP contribution in [-0.4, -0.2) is 24.0 Å². The lowest BCUT2D eigenvalue weighted by Gasteiger charge is -2.86. The minimum absolute atomic E-state index is 0.444. The summed E-state index contributed by atoms with van der Waals surface area (Å²) in [5.74, 6) is 1.87. The maximum atomic E-state index is 6.18. The van der Waals surface area contributed by atoms with Crippen molar-refractivity contribution in [3.63, 3.8) is 0 Å². The third-order valence-corrected chi connectivity index (χ3v) is 8.66. The Balaban J connectivity index is 1.28. The average molecular weight is 436 g/mol. The van der Waals surface area contributed by atoms with Crippen molar-refractivity contribution in [2.24, 2.45) is 5.92 Å². The van der Waals surface area contributed by atoms with Crippen LogP contribution >= 0.6 is 15.9 Å². The number of ether oxygens (including phenoxy) is 1. The summed E-state index contributed by atoms with van der Waals surface area (Å²) in [6.45, 7) is 6.87. The second-order valence-corrected chi connectivity index (χ2v) is 10.00. The average Bonchev–Trinajstić information content (AvgIpc) is 2.70. The van der Waals surface area contributed by atoms with Crippen LogP contribution in [0, 0.1) is 5.92 Å². The van der Waals surface area contributed by atoms with Crippen molar-refractivity contribution in [3.05, 3.63) is 76.3 Å². The molecule has 4 aliphatic rings. The summed E-state index contributed by atoms with van der Waals surface area (Å²) < 4.78 is 7.29. The van der Waals surface area contributed by atoms with Gasteiger partial charge in [-0.25, -0.2) is 0 Å². The van der Waals surface area contributed by atoms with Gasteiger partial charge in [0.25, 0.3) is 0 Å². The summed E-state index contributed by atoms with van der Waals surface area (Å²) in [5.41, 5.74) is 5.33. The van der Waals surface area contributed by atoms with E-state index in [1.54, 1.807) is 11.1 Å². The van der Waals surface area contributed by atoms with Gasteiger partial charge in [0, 0.05) is 34.4 Å². The number of halogens is 1. The van der Waals surface area contributed by atoms with Gasteiger partial charge in [0.2, 0.25) is 0 Å². The number of fused-ring (bicyclic) bond motifs is 2. The van der Waals surface area contributed by atoms with Crippen LogP contribution in [0.3, 0.4) is 0 Å². The van der Waals surface area contributed by atoms with E-state index in [0.717, 1.165) is 28.7 Å². The van der Waals surface area contributed by atoms with Crippen molar-refractivity contribution in [2.45, 2.75) is 49.2 Å². The van der Waals surface area contributed by atoms with E-state index in [4.69, 9.17) is 4.74 Å². The molecular weight excluding hydrogens is 410 g/mol. The Morgan fingerprint density at radius 3 is 2.79 bits per heavy atom. The van der Waals surface area contributed by atoms with E-state index >= 15 is 0 Å². The summed E-state index contributed by atoms with van der Waals surface area (Å²) in [6, 6.07) is 16.1. The normalized spacial score (nSPS) is 34.5. The van der Waals surface area contributed by atoms with Crippen molar-refractivity contribution < 1.29 is 4.74 Å². The molecule has 6 rings (SSSR count). The van der Waals surface area contributed by atoms with Crippen LogP contribution in [-0.2, 0) is 17.4 Å². The topological polar surface area (TPSA) is 12.5 Å².